The smallest absolute Gasteiger partial charge is 0.268 e. The molecule has 0 saturated carbocycles. The summed E-state index contributed by atoms with van der Waals surface area (Å²) in [4.78, 5) is 14.5. The third-order valence-corrected chi connectivity index (χ3v) is 3.70. The maximum atomic E-state index is 11.8. The Labute approximate surface area is 121 Å². The number of hydrogen-bond donors (Lipinski definition) is 3. The minimum Gasteiger partial charge on any atom is -0.356 e. The first-order valence-electron chi connectivity index (χ1n) is 5.60. The van der Waals surface area contributed by atoms with Crippen LogP contribution in [0.2, 0.25) is 5.02 Å². The van der Waals surface area contributed by atoms with Crippen LogP contribution in [0.3, 0.4) is 0 Å². The Bertz CT molecular complexity index is 740. The second-order valence-electron chi connectivity index (χ2n) is 4.11. The minimum atomic E-state index is -3.75. The number of H-pyrrole nitrogens is 1. The number of halogens is 1. The summed E-state index contributed by atoms with van der Waals surface area (Å²) in [6, 6.07) is 7.56. The number of aromatic amines is 1. The van der Waals surface area contributed by atoms with Crippen LogP contribution >= 0.6 is 11.6 Å². The number of benzene rings is 1. The lowest BCUT2D eigenvalue weighted by molar-refractivity contribution is 0.0946. The number of nitrogens with one attached hydrogen (secondary N) is 2. The van der Waals surface area contributed by atoms with Crippen LogP contribution < -0.4 is 10.5 Å². The number of hydrogen-bond acceptors (Lipinski definition) is 3. The fraction of sp³-hybridized carbons (Fsp3) is 0.0833. The van der Waals surface area contributed by atoms with Gasteiger partial charge in [0.2, 0.25) is 10.0 Å². The van der Waals surface area contributed by atoms with Crippen molar-refractivity contribution >= 4 is 27.5 Å². The van der Waals surface area contributed by atoms with Crippen LogP contribution in [-0.4, -0.2) is 19.3 Å². The van der Waals surface area contributed by atoms with Gasteiger partial charge in [0.15, 0.2) is 0 Å². The number of amides is 1. The highest BCUT2D eigenvalue weighted by molar-refractivity contribution is 7.89. The molecule has 0 radical (unpaired) electrons. The molecule has 4 N–H and O–H groups in total. The number of carbonyl (C=O) groups excluding carboxylic acids is 1. The Morgan fingerprint density at radius 1 is 1.35 bits per heavy atom. The second-order valence-corrected chi connectivity index (χ2v) is 6.10. The average molecular weight is 314 g/mol. The fourth-order valence-corrected chi connectivity index (χ4v) is 2.36. The van der Waals surface area contributed by atoms with Crippen LogP contribution in [-0.2, 0) is 16.6 Å². The fourth-order valence-electron chi connectivity index (χ4n) is 1.61. The molecule has 0 bridgehead atoms. The normalized spacial score (nSPS) is 11.3. The molecule has 1 aromatic heterocycles. The van der Waals surface area contributed by atoms with Crippen LogP contribution in [0.1, 0.15) is 16.1 Å². The molecule has 1 heterocycles. The van der Waals surface area contributed by atoms with Gasteiger partial charge < -0.3 is 10.3 Å². The molecular formula is C12H12ClN3O3S. The zero-order chi connectivity index (χ0) is 14.8. The van der Waals surface area contributed by atoms with Gasteiger partial charge in [-0.1, -0.05) is 23.7 Å². The van der Waals surface area contributed by atoms with Gasteiger partial charge in [-0.2, -0.15) is 0 Å². The van der Waals surface area contributed by atoms with E-state index in [1.54, 1.807) is 12.1 Å². The van der Waals surface area contributed by atoms with E-state index in [1.165, 1.54) is 24.4 Å². The average Bonchev–Trinajstić information content (AvgIpc) is 2.82. The van der Waals surface area contributed by atoms with Crippen molar-refractivity contribution in [1.29, 1.82) is 0 Å². The van der Waals surface area contributed by atoms with E-state index in [0.717, 1.165) is 0 Å². The van der Waals surface area contributed by atoms with Crippen LogP contribution in [0.5, 0.6) is 0 Å². The first-order valence-corrected chi connectivity index (χ1v) is 7.52. The maximum Gasteiger partial charge on any atom is 0.268 e. The van der Waals surface area contributed by atoms with E-state index in [4.69, 9.17) is 16.7 Å². The van der Waals surface area contributed by atoms with Crippen molar-refractivity contribution in [3.8, 4) is 0 Å². The Morgan fingerprint density at radius 3 is 2.70 bits per heavy atom. The Balaban J connectivity index is 2.06. The summed E-state index contributed by atoms with van der Waals surface area (Å²) in [5.74, 6) is -0.335. The second kappa shape index (κ2) is 5.66. The molecule has 20 heavy (non-hydrogen) atoms. The van der Waals surface area contributed by atoms with E-state index < -0.39 is 10.0 Å². The molecule has 0 fully saturated rings. The molecule has 0 spiro atoms. The minimum absolute atomic E-state index is 0.00664. The van der Waals surface area contributed by atoms with Crippen LogP contribution in [0.15, 0.2) is 41.4 Å². The summed E-state index contributed by atoms with van der Waals surface area (Å²) < 4.78 is 22.4. The van der Waals surface area contributed by atoms with Crippen molar-refractivity contribution in [3.63, 3.8) is 0 Å². The van der Waals surface area contributed by atoms with Gasteiger partial charge in [0, 0.05) is 12.7 Å². The van der Waals surface area contributed by atoms with Crippen molar-refractivity contribution in [2.24, 2.45) is 5.14 Å². The molecular weight excluding hydrogens is 302 g/mol. The van der Waals surface area contributed by atoms with Gasteiger partial charge >= 0.3 is 0 Å². The molecule has 0 saturated heterocycles. The predicted octanol–water partition coefficient (Wildman–Crippen LogP) is 1.25. The quantitative estimate of drug-likeness (QED) is 0.791. The molecule has 0 atom stereocenters. The summed E-state index contributed by atoms with van der Waals surface area (Å²) in [5, 5.41) is 8.12. The summed E-state index contributed by atoms with van der Waals surface area (Å²) in [7, 11) is -3.75. The van der Waals surface area contributed by atoms with Crippen LogP contribution in [0.25, 0.3) is 0 Å². The van der Waals surface area contributed by atoms with Gasteiger partial charge in [0.25, 0.3) is 5.91 Å². The van der Waals surface area contributed by atoms with Gasteiger partial charge in [-0.05, 0) is 23.8 Å². The van der Waals surface area contributed by atoms with Gasteiger partial charge in [0.1, 0.15) is 5.69 Å². The molecule has 1 amide bonds. The number of primary sulfonamides is 1. The summed E-state index contributed by atoms with van der Waals surface area (Å²) in [6.07, 6.45) is 1.50. The Morgan fingerprint density at radius 2 is 2.10 bits per heavy atom. The molecule has 2 rings (SSSR count). The molecule has 106 valence electrons. The number of rotatable bonds is 4. The summed E-state index contributed by atoms with van der Waals surface area (Å²) in [5.41, 5.74) is 0.958. The van der Waals surface area contributed by atoms with Crippen molar-refractivity contribution < 1.29 is 13.2 Å². The Hall–Kier alpha value is -1.83. The first kappa shape index (κ1) is 14.6. The molecule has 0 aliphatic heterocycles. The van der Waals surface area contributed by atoms with Crippen molar-refractivity contribution in [2.75, 3.05) is 0 Å². The maximum absolute atomic E-state index is 11.8. The topological polar surface area (TPSA) is 105 Å². The van der Waals surface area contributed by atoms with Crippen LogP contribution in [0, 0.1) is 0 Å². The first-order chi connectivity index (χ1) is 9.36. The van der Waals surface area contributed by atoms with Crippen molar-refractivity contribution in [1.82, 2.24) is 10.3 Å². The lowest BCUT2D eigenvalue weighted by Gasteiger charge is -2.05. The van der Waals surface area contributed by atoms with Gasteiger partial charge in [0.05, 0.1) is 9.92 Å². The molecule has 0 unspecified atom stereocenters. The number of aromatic nitrogens is 1. The number of carbonyl (C=O) groups is 1. The van der Waals surface area contributed by atoms with Gasteiger partial charge in [-0.15, -0.1) is 0 Å². The van der Waals surface area contributed by atoms with E-state index in [-0.39, 0.29) is 17.3 Å². The van der Waals surface area contributed by atoms with E-state index in [0.29, 0.717) is 16.3 Å². The molecule has 6 nitrogen and oxygen atoms in total. The molecule has 0 aliphatic rings. The largest absolute Gasteiger partial charge is 0.356 e. The van der Waals surface area contributed by atoms with Crippen molar-refractivity contribution in [2.45, 2.75) is 11.4 Å². The number of sulfonamides is 1. The molecule has 8 heteroatoms. The molecule has 2 aromatic rings. The lowest BCUT2D eigenvalue weighted by Crippen LogP contribution is -2.23. The zero-order valence-electron chi connectivity index (χ0n) is 10.3. The van der Waals surface area contributed by atoms with E-state index in [1.807, 2.05) is 0 Å². The monoisotopic (exact) mass is 313 g/mol. The highest BCUT2D eigenvalue weighted by Gasteiger charge is 2.10. The summed E-state index contributed by atoms with van der Waals surface area (Å²) in [6.45, 7) is 0.179. The van der Waals surface area contributed by atoms with E-state index in [2.05, 4.69) is 10.3 Å². The molecule has 1 aromatic carbocycles. The highest BCUT2D eigenvalue weighted by atomic mass is 35.5. The van der Waals surface area contributed by atoms with E-state index in [9.17, 15) is 13.2 Å². The van der Waals surface area contributed by atoms with Crippen LogP contribution in [0.4, 0.5) is 0 Å². The van der Waals surface area contributed by atoms with Gasteiger partial charge in [-0.25, -0.2) is 13.6 Å². The SMILES string of the molecule is NS(=O)(=O)c1cccc(CNC(=O)c2cc(Cl)c[nH]2)c1. The predicted molar refractivity (Wildman–Crippen MR) is 74.8 cm³/mol. The third kappa shape index (κ3) is 3.60. The Kier molecular flexibility index (Phi) is 4.12. The zero-order valence-corrected chi connectivity index (χ0v) is 11.8. The standard InChI is InChI=1S/C12H12ClN3O3S/c13-9-5-11(15-7-9)12(17)16-6-8-2-1-3-10(4-8)20(14,18)19/h1-5,7,15H,6H2,(H,16,17)(H2,14,18,19). The van der Waals surface area contributed by atoms with Crippen molar-refractivity contribution in [3.05, 3.63) is 52.8 Å². The van der Waals surface area contributed by atoms with Gasteiger partial charge in [-0.3, -0.25) is 4.79 Å². The third-order valence-electron chi connectivity index (χ3n) is 2.57. The number of nitrogens with two attached hydrogens (primary N) is 1. The lowest BCUT2D eigenvalue weighted by atomic mass is 10.2. The summed E-state index contributed by atoms with van der Waals surface area (Å²) >= 11 is 5.70. The molecule has 0 aliphatic carbocycles. The highest BCUT2D eigenvalue weighted by Crippen LogP contribution is 2.11. The van der Waals surface area contributed by atoms with E-state index >= 15 is 0 Å².